The van der Waals surface area contributed by atoms with Crippen LogP contribution in [0.3, 0.4) is 0 Å². The average molecular weight is 293 g/mol. The Bertz CT molecular complexity index is 814. The fraction of sp³-hybridized carbons (Fsp3) is 0.0588. The van der Waals surface area contributed by atoms with Crippen LogP contribution in [0.5, 0.6) is 5.75 Å². The Morgan fingerprint density at radius 3 is 2.59 bits per heavy atom. The predicted molar refractivity (Wildman–Crippen MR) is 85.0 cm³/mol. The standard InChI is InChI=1S/C17H15N3O2/c18-16-9-15(22-12-13-5-2-1-3-6-13)10-17(21)20(16)14-7-4-8-19-11-14/h1-11H,12,18H2. The van der Waals surface area contributed by atoms with Crippen LogP contribution >= 0.6 is 0 Å². The number of nitrogen functional groups attached to an aromatic ring is 1. The van der Waals surface area contributed by atoms with Crippen LogP contribution < -0.4 is 16.0 Å². The van der Waals surface area contributed by atoms with Crippen molar-refractivity contribution in [3.63, 3.8) is 0 Å². The van der Waals surface area contributed by atoms with Crippen LogP contribution in [0.2, 0.25) is 0 Å². The zero-order valence-corrected chi connectivity index (χ0v) is 11.8. The third-order valence-electron chi connectivity index (χ3n) is 3.19. The number of hydrogen-bond acceptors (Lipinski definition) is 4. The molecule has 0 spiro atoms. The molecule has 5 heteroatoms. The molecule has 0 aliphatic carbocycles. The van der Waals surface area contributed by atoms with Gasteiger partial charge in [-0.05, 0) is 17.7 Å². The second-order valence-corrected chi connectivity index (χ2v) is 4.78. The molecule has 0 aliphatic heterocycles. The van der Waals surface area contributed by atoms with Crippen molar-refractivity contribution in [3.8, 4) is 11.4 Å². The highest BCUT2D eigenvalue weighted by atomic mass is 16.5. The molecular formula is C17H15N3O2. The lowest BCUT2D eigenvalue weighted by molar-refractivity contribution is 0.305. The molecule has 1 aromatic carbocycles. The zero-order valence-electron chi connectivity index (χ0n) is 11.8. The van der Waals surface area contributed by atoms with Gasteiger partial charge in [0.1, 0.15) is 18.2 Å². The van der Waals surface area contributed by atoms with Crippen molar-refractivity contribution in [2.24, 2.45) is 0 Å². The molecule has 3 rings (SSSR count). The van der Waals surface area contributed by atoms with Crippen LogP contribution in [-0.2, 0) is 6.61 Å². The Labute approximate surface area is 127 Å². The minimum atomic E-state index is -0.254. The molecule has 3 aromatic rings. The second kappa shape index (κ2) is 6.13. The van der Waals surface area contributed by atoms with E-state index in [0.717, 1.165) is 5.56 Å². The van der Waals surface area contributed by atoms with Crippen molar-refractivity contribution in [1.82, 2.24) is 9.55 Å². The predicted octanol–water partition coefficient (Wildman–Crippen LogP) is 2.39. The van der Waals surface area contributed by atoms with Crippen LogP contribution in [0.25, 0.3) is 5.69 Å². The van der Waals surface area contributed by atoms with E-state index < -0.39 is 0 Å². The fourth-order valence-electron chi connectivity index (χ4n) is 2.15. The molecule has 2 aromatic heterocycles. The molecule has 0 fully saturated rings. The van der Waals surface area contributed by atoms with Crippen LogP contribution in [0, 0.1) is 0 Å². The molecule has 5 nitrogen and oxygen atoms in total. The zero-order chi connectivity index (χ0) is 15.4. The fourth-order valence-corrected chi connectivity index (χ4v) is 2.15. The maximum Gasteiger partial charge on any atom is 0.260 e. The van der Waals surface area contributed by atoms with Crippen molar-refractivity contribution >= 4 is 5.82 Å². The topological polar surface area (TPSA) is 70.1 Å². The van der Waals surface area contributed by atoms with E-state index in [9.17, 15) is 4.79 Å². The van der Waals surface area contributed by atoms with Gasteiger partial charge in [-0.25, -0.2) is 0 Å². The minimum absolute atomic E-state index is 0.254. The van der Waals surface area contributed by atoms with E-state index in [1.165, 1.54) is 10.6 Å². The molecule has 0 radical (unpaired) electrons. The highest BCUT2D eigenvalue weighted by Crippen LogP contribution is 2.17. The Morgan fingerprint density at radius 2 is 1.91 bits per heavy atom. The summed E-state index contributed by atoms with van der Waals surface area (Å²) in [5.74, 6) is 0.759. The lowest BCUT2D eigenvalue weighted by Crippen LogP contribution is -2.20. The summed E-state index contributed by atoms with van der Waals surface area (Å²) in [6.45, 7) is 0.386. The van der Waals surface area contributed by atoms with Gasteiger partial charge in [-0.2, -0.15) is 0 Å². The Morgan fingerprint density at radius 1 is 1.09 bits per heavy atom. The number of rotatable bonds is 4. The first-order valence-electron chi connectivity index (χ1n) is 6.84. The lowest BCUT2D eigenvalue weighted by atomic mass is 10.2. The Balaban J connectivity index is 1.85. The minimum Gasteiger partial charge on any atom is -0.489 e. The summed E-state index contributed by atoms with van der Waals surface area (Å²) in [6, 6.07) is 16.3. The number of benzene rings is 1. The summed E-state index contributed by atoms with van der Waals surface area (Å²) in [4.78, 5) is 16.2. The SMILES string of the molecule is Nc1cc(OCc2ccccc2)cc(=O)n1-c1cccnc1. The molecule has 0 saturated carbocycles. The number of hydrogen-bond donors (Lipinski definition) is 1. The first-order valence-corrected chi connectivity index (χ1v) is 6.84. The normalized spacial score (nSPS) is 10.4. The van der Waals surface area contributed by atoms with E-state index in [1.54, 1.807) is 30.6 Å². The van der Waals surface area contributed by atoms with E-state index >= 15 is 0 Å². The molecule has 0 amide bonds. The molecule has 0 aliphatic rings. The number of nitrogens with two attached hydrogens (primary N) is 1. The maximum absolute atomic E-state index is 12.2. The molecule has 0 atom stereocenters. The third kappa shape index (κ3) is 2.98. The first-order chi connectivity index (χ1) is 10.7. The van der Waals surface area contributed by atoms with Gasteiger partial charge in [0.05, 0.1) is 11.9 Å². The van der Waals surface area contributed by atoms with Crippen LogP contribution in [0.1, 0.15) is 5.56 Å². The molecule has 0 saturated heterocycles. The number of aromatic nitrogens is 2. The summed E-state index contributed by atoms with van der Waals surface area (Å²) in [7, 11) is 0. The number of pyridine rings is 2. The van der Waals surface area contributed by atoms with Crippen molar-refractivity contribution in [2.75, 3.05) is 5.73 Å². The molecule has 2 N–H and O–H groups in total. The first kappa shape index (κ1) is 13.9. The number of anilines is 1. The molecule has 0 unspecified atom stereocenters. The van der Waals surface area contributed by atoms with E-state index in [4.69, 9.17) is 10.5 Å². The van der Waals surface area contributed by atoms with Crippen LogP contribution in [0.15, 0.2) is 71.8 Å². The second-order valence-electron chi connectivity index (χ2n) is 4.78. The number of nitrogens with zero attached hydrogens (tertiary/aromatic N) is 2. The van der Waals surface area contributed by atoms with Crippen molar-refractivity contribution in [2.45, 2.75) is 6.61 Å². The highest BCUT2D eigenvalue weighted by molar-refractivity contribution is 5.45. The quantitative estimate of drug-likeness (QED) is 0.802. The molecule has 2 heterocycles. The summed E-state index contributed by atoms with van der Waals surface area (Å²) in [5, 5.41) is 0. The smallest absolute Gasteiger partial charge is 0.260 e. The number of ether oxygens (including phenoxy) is 1. The summed E-state index contributed by atoms with van der Waals surface area (Å²) < 4.78 is 7.03. The van der Waals surface area contributed by atoms with Crippen molar-refractivity contribution < 1.29 is 4.74 Å². The van der Waals surface area contributed by atoms with Crippen molar-refractivity contribution in [1.29, 1.82) is 0 Å². The average Bonchev–Trinajstić information content (AvgIpc) is 2.54. The van der Waals surface area contributed by atoms with Gasteiger partial charge in [0.25, 0.3) is 5.56 Å². The third-order valence-corrected chi connectivity index (χ3v) is 3.19. The van der Waals surface area contributed by atoms with Crippen LogP contribution in [0.4, 0.5) is 5.82 Å². The van der Waals surface area contributed by atoms with Gasteiger partial charge in [0, 0.05) is 18.3 Å². The van der Waals surface area contributed by atoms with Gasteiger partial charge >= 0.3 is 0 Å². The van der Waals surface area contributed by atoms with E-state index in [2.05, 4.69) is 4.98 Å². The van der Waals surface area contributed by atoms with E-state index in [1.807, 2.05) is 30.3 Å². The van der Waals surface area contributed by atoms with Gasteiger partial charge in [0.2, 0.25) is 0 Å². The van der Waals surface area contributed by atoms with Crippen LogP contribution in [-0.4, -0.2) is 9.55 Å². The maximum atomic E-state index is 12.2. The van der Waals surface area contributed by atoms with Gasteiger partial charge in [-0.15, -0.1) is 0 Å². The van der Waals surface area contributed by atoms with Crippen molar-refractivity contribution in [3.05, 3.63) is 82.9 Å². The summed E-state index contributed by atoms with van der Waals surface area (Å²) in [6.07, 6.45) is 3.23. The molecule has 110 valence electrons. The summed E-state index contributed by atoms with van der Waals surface area (Å²) >= 11 is 0. The van der Waals surface area contributed by atoms with Gasteiger partial charge < -0.3 is 10.5 Å². The Kier molecular flexibility index (Phi) is 3.87. The summed E-state index contributed by atoms with van der Waals surface area (Å²) in [5.41, 5.74) is 7.37. The van der Waals surface area contributed by atoms with E-state index in [-0.39, 0.29) is 5.56 Å². The lowest BCUT2D eigenvalue weighted by Gasteiger charge is -2.11. The van der Waals surface area contributed by atoms with Gasteiger partial charge in [-0.1, -0.05) is 30.3 Å². The monoisotopic (exact) mass is 293 g/mol. The van der Waals surface area contributed by atoms with Gasteiger partial charge in [0.15, 0.2) is 0 Å². The molecule has 0 bridgehead atoms. The largest absolute Gasteiger partial charge is 0.489 e. The Hall–Kier alpha value is -3.08. The molecule has 22 heavy (non-hydrogen) atoms. The van der Waals surface area contributed by atoms with Gasteiger partial charge in [-0.3, -0.25) is 14.3 Å². The molecular weight excluding hydrogens is 278 g/mol. The van der Waals surface area contributed by atoms with E-state index in [0.29, 0.717) is 23.9 Å². The highest BCUT2D eigenvalue weighted by Gasteiger charge is 2.07.